The molecule has 1 amide bonds. The smallest absolute Gasteiger partial charge is 0.356 e. The Labute approximate surface area is 198 Å². The third-order valence-corrected chi connectivity index (χ3v) is 6.79. The van der Waals surface area contributed by atoms with Crippen LogP contribution in [0.3, 0.4) is 0 Å². The molecule has 0 radical (unpaired) electrons. The minimum absolute atomic E-state index is 0.179. The number of hydrogen-bond donors (Lipinski definition) is 2. The van der Waals surface area contributed by atoms with Crippen LogP contribution in [-0.2, 0) is 9.53 Å². The van der Waals surface area contributed by atoms with Crippen LogP contribution >= 0.6 is 11.6 Å². The normalized spacial score (nSPS) is 15.5. The molecule has 8 heteroatoms. The fourth-order valence-electron chi connectivity index (χ4n) is 4.37. The highest BCUT2D eigenvalue weighted by atomic mass is 35.5. The molecular weight excluding hydrogens is 440 g/mol. The van der Waals surface area contributed by atoms with E-state index in [-0.39, 0.29) is 17.6 Å². The summed E-state index contributed by atoms with van der Waals surface area (Å²) in [6.07, 6.45) is 0. The Kier molecular flexibility index (Phi) is 6.63. The van der Waals surface area contributed by atoms with E-state index < -0.39 is 5.97 Å². The van der Waals surface area contributed by atoms with E-state index in [9.17, 15) is 9.59 Å². The minimum Gasteiger partial charge on any atom is -0.464 e. The van der Waals surface area contributed by atoms with Gasteiger partial charge in [-0.3, -0.25) is 9.69 Å². The maximum absolute atomic E-state index is 13.2. The number of nitrogens with one attached hydrogen (secondary N) is 2. The van der Waals surface area contributed by atoms with Gasteiger partial charge < -0.3 is 19.9 Å². The number of amides is 1. The summed E-state index contributed by atoms with van der Waals surface area (Å²) in [6.45, 7) is 9.40. The van der Waals surface area contributed by atoms with E-state index in [2.05, 4.69) is 52.1 Å². The van der Waals surface area contributed by atoms with Crippen LogP contribution in [0.25, 0.3) is 10.9 Å². The lowest BCUT2D eigenvalue weighted by Crippen LogP contribution is -2.53. The molecule has 4 rings (SSSR count). The fourth-order valence-corrected chi connectivity index (χ4v) is 4.54. The first-order valence-corrected chi connectivity index (χ1v) is 11.4. The van der Waals surface area contributed by atoms with E-state index in [0.717, 1.165) is 26.2 Å². The number of rotatable bonds is 5. The Hall–Kier alpha value is -3.03. The lowest BCUT2D eigenvalue weighted by Gasteiger charge is -2.39. The number of nitrogens with zero attached hydrogens (tertiary/aromatic N) is 2. The first kappa shape index (κ1) is 23.1. The number of hydrogen-bond acceptors (Lipinski definition) is 5. The molecule has 1 fully saturated rings. The van der Waals surface area contributed by atoms with Crippen molar-refractivity contribution in [3.63, 3.8) is 0 Å². The second kappa shape index (κ2) is 9.45. The van der Waals surface area contributed by atoms with Crippen molar-refractivity contribution in [3.05, 3.63) is 58.2 Å². The summed E-state index contributed by atoms with van der Waals surface area (Å²) in [6, 6.07) is 11.2. The summed E-state index contributed by atoms with van der Waals surface area (Å²) in [5.41, 5.74) is 5.13. The van der Waals surface area contributed by atoms with Gasteiger partial charge in [0.15, 0.2) is 0 Å². The van der Waals surface area contributed by atoms with Crippen LogP contribution in [0.1, 0.15) is 28.5 Å². The molecule has 7 nitrogen and oxygen atoms in total. The molecule has 1 atom stereocenters. The van der Waals surface area contributed by atoms with E-state index in [1.165, 1.54) is 23.9 Å². The average Bonchev–Trinajstić information content (AvgIpc) is 3.17. The molecule has 33 heavy (non-hydrogen) atoms. The summed E-state index contributed by atoms with van der Waals surface area (Å²) in [5.74, 6) is -0.728. The van der Waals surface area contributed by atoms with Crippen molar-refractivity contribution in [2.75, 3.05) is 43.5 Å². The molecule has 0 spiro atoms. The monoisotopic (exact) mass is 468 g/mol. The van der Waals surface area contributed by atoms with Crippen LogP contribution < -0.4 is 10.2 Å². The Morgan fingerprint density at radius 1 is 1.12 bits per heavy atom. The number of benzene rings is 2. The van der Waals surface area contributed by atoms with Gasteiger partial charge >= 0.3 is 5.97 Å². The number of piperazine rings is 1. The summed E-state index contributed by atoms with van der Waals surface area (Å²) >= 11 is 6.16. The number of esters is 1. The van der Waals surface area contributed by atoms with E-state index in [0.29, 0.717) is 21.6 Å². The highest BCUT2D eigenvalue weighted by molar-refractivity contribution is 6.31. The number of aromatic nitrogens is 1. The molecular formula is C25H29ClN4O3. The van der Waals surface area contributed by atoms with Crippen LogP contribution in [0.15, 0.2) is 36.4 Å². The van der Waals surface area contributed by atoms with E-state index >= 15 is 0 Å². The molecule has 2 N–H and O–H groups in total. The number of carbonyl (C=O) groups is 2. The Morgan fingerprint density at radius 3 is 2.55 bits per heavy atom. The van der Waals surface area contributed by atoms with Crippen molar-refractivity contribution < 1.29 is 14.3 Å². The third kappa shape index (κ3) is 4.56. The van der Waals surface area contributed by atoms with Crippen LogP contribution in [0.4, 0.5) is 11.4 Å². The molecule has 0 saturated carbocycles. The van der Waals surface area contributed by atoms with E-state index in [4.69, 9.17) is 16.3 Å². The number of H-pyrrole nitrogens is 1. The van der Waals surface area contributed by atoms with Crippen molar-refractivity contribution in [1.82, 2.24) is 9.88 Å². The SMILES string of the molecule is COC(=O)c1[nH]c2ccc(Cl)cc2c1NC(=O)[C@H](C)N1CCN(c2cccc(C)c2C)CC1. The summed E-state index contributed by atoms with van der Waals surface area (Å²) in [4.78, 5) is 33.1. The number of aromatic amines is 1. The van der Waals surface area contributed by atoms with E-state index in [1.807, 2.05) is 6.92 Å². The maximum Gasteiger partial charge on any atom is 0.356 e. The van der Waals surface area contributed by atoms with Gasteiger partial charge in [-0.1, -0.05) is 23.7 Å². The average molecular weight is 469 g/mol. The lowest BCUT2D eigenvalue weighted by atomic mass is 10.1. The predicted molar refractivity (Wildman–Crippen MR) is 132 cm³/mol. The first-order valence-electron chi connectivity index (χ1n) is 11.1. The molecule has 1 aromatic heterocycles. The van der Waals surface area contributed by atoms with Gasteiger partial charge in [-0.05, 0) is 56.2 Å². The number of fused-ring (bicyclic) bond motifs is 1. The van der Waals surface area contributed by atoms with Crippen molar-refractivity contribution >= 4 is 45.8 Å². The second-order valence-electron chi connectivity index (χ2n) is 8.46. The van der Waals surface area contributed by atoms with Gasteiger partial charge in [0.05, 0.1) is 18.8 Å². The predicted octanol–water partition coefficient (Wildman–Crippen LogP) is 4.37. The molecule has 0 aliphatic carbocycles. The molecule has 1 aliphatic heterocycles. The fraction of sp³-hybridized carbons (Fsp3) is 0.360. The Bertz CT molecular complexity index is 1200. The molecule has 0 bridgehead atoms. The van der Waals surface area contributed by atoms with Crippen LogP contribution in [-0.4, -0.2) is 61.1 Å². The topological polar surface area (TPSA) is 77.7 Å². The highest BCUT2D eigenvalue weighted by Gasteiger charge is 2.28. The number of halogens is 1. The van der Waals surface area contributed by atoms with Gasteiger partial charge in [0, 0.05) is 47.8 Å². The van der Waals surface area contributed by atoms with Gasteiger partial charge in [0.25, 0.3) is 0 Å². The van der Waals surface area contributed by atoms with Crippen molar-refractivity contribution in [2.24, 2.45) is 0 Å². The van der Waals surface area contributed by atoms with E-state index in [1.54, 1.807) is 18.2 Å². The zero-order valence-electron chi connectivity index (χ0n) is 19.4. The summed E-state index contributed by atoms with van der Waals surface area (Å²) in [7, 11) is 1.31. The van der Waals surface area contributed by atoms with Crippen molar-refractivity contribution in [1.29, 1.82) is 0 Å². The van der Waals surface area contributed by atoms with Crippen LogP contribution in [0.5, 0.6) is 0 Å². The van der Waals surface area contributed by atoms with Gasteiger partial charge in [-0.15, -0.1) is 0 Å². The van der Waals surface area contributed by atoms with Gasteiger partial charge in [-0.25, -0.2) is 4.79 Å². The number of ether oxygens (including phenoxy) is 1. The van der Waals surface area contributed by atoms with Gasteiger partial charge in [0.1, 0.15) is 5.69 Å². The Balaban J connectivity index is 1.49. The zero-order chi connectivity index (χ0) is 23.7. The largest absolute Gasteiger partial charge is 0.464 e. The molecule has 174 valence electrons. The molecule has 0 unspecified atom stereocenters. The van der Waals surface area contributed by atoms with Gasteiger partial charge in [-0.2, -0.15) is 0 Å². The summed E-state index contributed by atoms with van der Waals surface area (Å²) < 4.78 is 4.90. The quantitative estimate of drug-likeness (QED) is 0.543. The molecule has 1 saturated heterocycles. The molecule has 3 aromatic rings. The zero-order valence-corrected chi connectivity index (χ0v) is 20.1. The number of carbonyl (C=O) groups excluding carboxylic acids is 2. The molecule has 2 aromatic carbocycles. The van der Waals surface area contributed by atoms with Crippen molar-refractivity contribution in [3.8, 4) is 0 Å². The van der Waals surface area contributed by atoms with Gasteiger partial charge in [0.2, 0.25) is 5.91 Å². The minimum atomic E-state index is -0.549. The number of anilines is 2. The lowest BCUT2D eigenvalue weighted by molar-refractivity contribution is -0.120. The molecule has 2 heterocycles. The Morgan fingerprint density at radius 2 is 1.85 bits per heavy atom. The second-order valence-corrected chi connectivity index (χ2v) is 8.90. The van der Waals surface area contributed by atoms with Crippen LogP contribution in [0, 0.1) is 13.8 Å². The first-order chi connectivity index (χ1) is 15.8. The third-order valence-electron chi connectivity index (χ3n) is 6.56. The standard InChI is InChI=1S/C25H29ClN4O3/c1-15-6-5-7-21(16(15)2)30-12-10-29(11-13-30)17(3)24(31)28-22-19-14-18(26)8-9-20(19)27-23(22)25(32)33-4/h5-9,14,17,27H,10-13H2,1-4H3,(H,28,31)/t17-/m0/s1. The molecule has 1 aliphatic rings. The maximum atomic E-state index is 13.2. The number of aryl methyl sites for hydroxylation is 1. The van der Waals surface area contributed by atoms with Crippen molar-refractivity contribution in [2.45, 2.75) is 26.8 Å². The number of methoxy groups -OCH3 is 1. The van der Waals surface area contributed by atoms with Crippen LogP contribution in [0.2, 0.25) is 5.02 Å². The summed E-state index contributed by atoms with van der Waals surface area (Å²) in [5, 5.41) is 4.13. The highest BCUT2D eigenvalue weighted by Crippen LogP contribution is 2.31.